The monoisotopic (exact) mass is 534 g/mol. The van der Waals surface area contributed by atoms with E-state index in [9.17, 15) is 9.59 Å². The van der Waals surface area contributed by atoms with Crippen LogP contribution in [-0.2, 0) is 28.3 Å². The van der Waals surface area contributed by atoms with Crippen molar-refractivity contribution in [2.24, 2.45) is 0 Å². The number of carbonyl (C=O) groups is 2. The minimum Gasteiger partial charge on any atom is -0.357 e. The number of rotatable bonds is 10. The van der Waals surface area contributed by atoms with E-state index in [-0.39, 0.29) is 24.1 Å². The standard InChI is InChI=1S/C26H25Cl3N2O2S/c1-30-26(33)24(14-18-7-3-2-4-8-18)31(15-21-22(28)11-6-12-23(21)29)25(32)17-34-16-19-9-5-10-20(27)13-19/h2-13,24H,14-17H2,1H3,(H,30,33)/t24-/m0/s1. The van der Waals surface area contributed by atoms with Crippen LogP contribution in [0, 0.1) is 0 Å². The molecule has 2 amide bonds. The Morgan fingerprint density at radius 3 is 2.21 bits per heavy atom. The molecule has 0 heterocycles. The van der Waals surface area contributed by atoms with Crippen LogP contribution in [-0.4, -0.2) is 35.6 Å². The van der Waals surface area contributed by atoms with Crippen LogP contribution in [0.15, 0.2) is 72.8 Å². The van der Waals surface area contributed by atoms with Gasteiger partial charge in [-0.2, -0.15) is 0 Å². The number of hydrogen-bond acceptors (Lipinski definition) is 3. The second-order valence-electron chi connectivity index (χ2n) is 7.66. The largest absolute Gasteiger partial charge is 0.357 e. The van der Waals surface area contributed by atoms with Crippen LogP contribution >= 0.6 is 46.6 Å². The highest BCUT2D eigenvalue weighted by Gasteiger charge is 2.30. The predicted octanol–water partition coefficient (Wildman–Crippen LogP) is 6.27. The smallest absolute Gasteiger partial charge is 0.242 e. The Morgan fingerprint density at radius 1 is 0.912 bits per heavy atom. The molecule has 0 aromatic heterocycles. The third-order valence-corrected chi connectivity index (χ3v) is 7.22. The van der Waals surface area contributed by atoms with Gasteiger partial charge in [-0.15, -0.1) is 11.8 Å². The van der Waals surface area contributed by atoms with Gasteiger partial charge in [-0.3, -0.25) is 9.59 Å². The lowest BCUT2D eigenvalue weighted by atomic mass is 10.0. The van der Waals surface area contributed by atoms with Gasteiger partial charge in [-0.1, -0.05) is 83.3 Å². The molecular weight excluding hydrogens is 511 g/mol. The van der Waals surface area contributed by atoms with Gasteiger partial charge < -0.3 is 10.2 Å². The molecule has 0 bridgehead atoms. The Morgan fingerprint density at radius 2 is 1.56 bits per heavy atom. The molecule has 178 valence electrons. The summed E-state index contributed by atoms with van der Waals surface area (Å²) in [4.78, 5) is 28.0. The molecule has 1 atom stereocenters. The van der Waals surface area contributed by atoms with E-state index in [1.54, 1.807) is 30.1 Å². The molecule has 8 heteroatoms. The summed E-state index contributed by atoms with van der Waals surface area (Å²) in [7, 11) is 1.57. The fourth-order valence-corrected chi connectivity index (χ4v) is 5.13. The number of thioether (sulfide) groups is 1. The summed E-state index contributed by atoms with van der Waals surface area (Å²) in [5, 5.41) is 4.26. The van der Waals surface area contributed by atoms with E-state index in [2.05, 4.69) is 5.32 Å². The van der Waals surface area contributed by atoms with Gasteiger partial charge in [0.1, 0.15) is 6.04 Å². The average molecular weight is 536 g/mol. The number of halogens is 3. The molecule has 3 rings (SSSR count). The van der Waals surface area contributed by atoms with E-state index in [1.165, 1.54) is 11.8 Å². The third-order valence-electron chi connectivity index (χ3n) is 5.29. The van der Waals surface area contributed by atoms with Crippen molar-refractivity contribution in [2.45, 2.75) is 24.8 Å². The number of amides is 2. The van der Waals surface area contributed by atoms with Gasteiger partial charge in [-0.05, 0) is 35.4 Å². The van der Waals surface area contributed by atoms with Crippen LogP contribution in [0.1, 0.15) is 16.7 Å². The SMILES string of the molecule is CNC(=O)[C@H](Cc1ccccc1)N(Cc1c(Cl)cccc1Cl)C(=O)CSCc1cccc(Cl)c1. The van der Waals surface area contributed by atoms with E-state index >= 15 is 0 Å². The summed E-state index contributed by atoms with van der Waals surface area (Å²) >= 11 is 20.4. The van der Waals surface area contributed by atoms with Gasteiger partial charge >= 0.3 is 0 Å². The number of benzene rings is 3. The van der Waals surface area contributed by atoms with Crippen LogP contribution in [0.25, 0.3) is 0 Å². The zero-order valence-electron chi connectivity index (χ0n) is 18.6. The fraction of sp³-hybridized carbons (Fsp3) is 0.231. The Bertz CT molecular complexity index is 1110. The molecule has 0 saturated heterocycles. The first-order valence-electron chi connectivity index (χ1n) is 10.7. The number of nitrogens with zero attached hydrogens (tertiary/aromatic N) is 1. The topological polar surface area (TPSA) is 49.4 Å². The molecular formula is C26H25Cl3N2O2S. The summed E-state index contributed by atoms with van der Waals surface area (Å²) in [5.41, 5.74) is 2.59. The lowest BCUT2D eigenvalue weighted by molar-refractivity contribution is -0.139. The van der Waals surface area contributed by atoms with Crippen molar-refractivity contribution in [2.75, 3.05) is 12.8 Å². The lowest BCUT2D eigenvalue weighted by Crippen LogP contribution is -2.50. The van der Waals surface area contributed by atoms with Crippen molar-refractivity contribution in [3.8, 4) is 0 Å². The van der Waals surface area contributed by atoms with Gasteiger partial charge in [-0.25, -0.2) is 0 Å². The molecule has 0 spiro atoms. The second kappa shape index (κ2) is 13.1. The molecule has 4 nitrogen and oxygen atoms in total. The van der Waals surface area contributed by atoms with E-state index in [1.807, 2.05) is 54.6 Å². The maximum Gasteiger partial charge on any atom is 0.242 e. The lowest BCUT2D eigenvalue weighted by Gasteiger charge is -2.31. The molecule has 0 saturated carbocycles. The minimum absolute atomic E-state index is 0.125. The molecule has 0 unspecified atom stereocenters. The summed E-state index contributed by atoms with van der Waals surface area (Å²) in [6.45, 7) is 0.125. The third kappa shape index (κ3) is 7.41. The number of carbonyl (C=O) groups excluding carboxylic acids is 2. The van der Waals surface area contributed by atoms with Gasteiger partial charge in [0.2, 0.25) is 11.8 Å². The molecule has 0 aliphatic heterocycles. The predicted molar refractivity (Wildman–Crippen MR) is 143 cm³/mol. The summed E-state index contributed by atoms with van der Waals surface area (Å²) in [6.07, 6.45) is 0.368. The number of nitrogens with one attached hydrogen (secondary N) is 1. The Labute approximate surface area is 219 Å². The van der Waals surface area contributed by atoms with E-state index in [0.29, 0.717) is 32.8 Å². The van der Waals surface area contributed by atoms with Crippen LogP contribution in [0.2, 0.25) is 15.1 Å². The van der Waals surface area contributed by atoms with Gasteiger partial charge in [0, 0.05) is 46.4 Å². The zero-order chi connectivity index (χ0) is 24.5. The molecule has 0 aliphatic carbocycles. The number of likely N-dealkylation sites (N-methyl/N-ethyl adjacent to an activating group) is 1. The van der Waals surface area contributed by atoms with Gasteiger partial charge in [0.25, 0.3) is 0 Å². The van der Waals surface area contributed by atoms with Gasteiger partial charge in [0.05, 0.1) is 5.75 Å². The normalized spacial score (nSPS) is 11.6. The zero-order valence-corrected chi connectivity index (χ0v) is 21.7. The van der Waals surface area contributed by atoms with Crippen LogP contribution in [0.5, 0.6) is 0 Å². The Balaban J connectivity index is 1.86. The Hall–Kier alpha value is -2.18. The highest BCUT2D eigenvalue weighted by atomic mass is 35.5. The molecule has 34 heavy (non-hydrogen) atoms. The van der Waals surface area contributed by atoms with Crippen molar-refractivity contribution in [1.29, 1.82) is 0 Å². The average Bonchev–Trinajstić information content (AvgIpc) is 2.83. The summed E-state index contributed by atoms with van der Waals surface area (Å²) < 4.78 is 0. The van der Waals surface area contributed by atoms with E-state index < -0.39 is 6.04 Å². The van der Waals surface area contributed by atoms with Crippen LogP contribution in [0.4, 0.5) is 0 Å². The second-order valence-corrected chi connectivity index (χ2v) is 9.90. The first-order chi connectivity index (χ1) is 16.4. The van der Waals surface area contributed by atoms with Crippen LogP contribution < -0.4 is 5.32 Å². The number of hydrogen-bond donors (Lipinski definition) is 1. The molecule has 0 aliphatic rings. The molecule has 0 fully saturated rings. The van der Waals surface area contributed by atoms with Crippen LogP contribution in [0.3, 0.4) is 0 Å². The maximum atomic E-state index is 13.5. The van der Waals surface area contributed by atoms with Crippen molar-refractivity contribution in [3.63, 3.8) is 0 Å². The summed E-state index contributed by atoms with van der Waals surface area (Å²) in [6, 6.07) is 21.6. The molecule has 1 N–H and O–H groups in total. The van der Waals surface area contributed by atoms with Crippen molar-refractivity contribution >= 4 is 58.4 Å². The van der Waals surface area contributed by atoms with E-state index in [4.69, 9.17) is 34.8 Å². The first kappa shape index (κ1) is 26.4. The Kier molecular flexibility index (Phi) is 10.1. The highest BCUT2D eigenvalue weighted by molar-refractivity contribution is 7.99. The molecule has 3 aromatic carbocycles. The fourth-order valence-electron chi connectivity index (χ4n) is 3.54. The highest BCUT2D eigenvalue weighted by Crippen LogP contribution is 2.28. The van der Waals surface area contributed by atoms with Crippen molar-refractivity contribution < 1.29 is 9.59 Å². The maximum absolute atomic E-state index is 13.5. The van der Waals surface area contributed by atoms with Crippen molar-refractivity contribution in [1.82, 2.24) is 10.2 Å². The van der Waals surface area contributed by atoms with E-state index in [0.717, 1.165) is 11.1 Å². The quantitative estimate of drug-likeness (QED) is 0.333. The molecule has 3 aromatic rings. The summed E-state index contributed by atoms with van der Waals surface area (Å²) in [5.74, 6) is 0.389. The van der Waals surface area contributed by atoms with Crippen molar-refractivity contribution in [3.05, 3.63) is 105 Å². The first-order valence-corrected chi connectivity index (χ1v) is 13.0. The molecule has 0 radical (unpaired) electrons. The van der Waals surface area contributed by atoms with Gasteiger partial charge in [0.15, 0.2) is 0 Å². The minimum atomic E-state index is -0.723.